The number of benzene rings is 1. The van der Waals surface area contributed by atoms with Gasteiger partial charge < -0.3 is 14.8 Å². The maximum Gasteiger partial charge on any atom is 0.233 e. The third-order valence-corrected chi connectivity index (χ3v) is 2.26. The Morgan fingerprint density at radius 1 is 1.39 bits per heavy atom. The topological polar surface area (TPSA) is 96.3 Å². The summed E-state index contributed by atoms with van der Waals surface area (Å²) >= 11 is 0. The summed E-state index contributed by atoms with van der Waals surface area (Å²) in [5.74, 6) is 0.686. The standard InChI is InChI=1S/C11H14N4O3/c1-7(14-15-12)11(16)13-8-4-5-9(17-2)10(6-8)18-3/h4-7H,1-3H3,(H,13,16). The van der Waals surface area contributed by atoms with Crippen LogP contribution in [-0.4, -0.2) is 26.2 Å². The Balaban J connectivity index is 2.85. The Kier molecular flexibility index (Phi) is 4.83. The van der Waals surface area contributed by atoms with Crippen LogP contribution in [0.2, 0.25) is 0 Å². The number of hydrogen-bond acceptors (Lipinski definition) is 4. The Labute approximate surface area is 104 Å². The summed E-state index contributed by atoms with van der Waals surface area (Å²) in [5, 5.41) is 5.92. The van der Waals surface area contributed by atoms with Crippen LogP contribution in [0.1, 0.15) is 6.92 Å². The van der Waals surface area contributed by atoms with Crippen molar-refractivity contribution in [3.05, 3.63) is 28.6 Å². The van der Waals surface area contributed by atoms with Gasteiger partial charge >= 0.3 is 0 Å². The third-order valence-electron chi connectivity index (χ3n) is 2.26. The minimum Gasteiger partial charge on any atom is -0.493 e. The monoisotopic (exact) mass is 250 g/mol. The van der Waals surface area contributed by atoms with Crippen molar-refractivity contribution in [3.63, 3.8) is 0 Å². The second-order valence-electron chi connectivity index (χ2n) is 3.44. The second-order valence-corrected chi connectivity index (χ2v) is 3.44. The SMILES string of the molecule is COc1ccc(NC(=O)C(C)N=[N+]=[N-])cc1OC. The largest absolute Gasteiger partial charge is 0.493 e. The zero-order valence-corrected chi connectivity index (χ0v) is 10.4. The van der Waals surface area contributed by atoms with Crippen LogP contribution in [0.3, 0.4) is 0 Å². The molecule has 0 bridgehead atoms. The van der Waals surface area contributed by atoms with Gasteiger partial charge in [0.05, 0.1) is 14.2 Å². The molecule has 1 N–H and O–H groups in total. The first kappa shape index (κ1) is 13.7. The lowest BCUT2D eigenvalue weighted by molar-refractivity contribution is -0.117. The third kappa shape index (κ3) is 3.29. The molecule has 1 aromatic rings. The Hall–Kier alpha value is -2.40. The van der Waals surface area contributed by atoms with E-state index in [0.29, 0.717) is 17.2 Å². The van der Waals surface area contributed by atoms with Gasteiger partial charge in [-0.05, 0) is 24.6 Å². The first-order chi connectivity index (χ1) is 8.62. The number of hydrogen-bond donors (Lipinski definition) is 1. The summed E-state index contributed by atoms with van der Waals surface area (Å²) in [7, 11) is 3.03. The number of nitrogens with zero attached hydrogens (tertiary/aromatic N) is 3. The molecule has 0 saturated heterocycles. The highest BCUT2D eigenvalue weighted by molar-refractivity contribution is 5.94. The van der Waals surface area contributed by atoms with Crippen LogP contribution in [0, 0.1) is 0 Å². The first-order valence-corrected chi connectivity index (χ1v) is 5.19. The van der Waals surface area contributed by atoms with Crippen LogP contribution in [0.25, 0.3) is 10.4 Å². The van der Waals surface area contributed by atoms with Gasteiger partial charge in [0.15, 0.2) is 11.5 Å². The fourth-order valence-corrected chi connectivity index (χ4v) is 1.29. The Bertz CT molecular complexity index is 483. The molecule has 1 amide bonds. The maximum atomic E-state index is 11.6. The molecule has 18 heavy (non-hydrogen) atoms. The van der Waals surface area contributed by atoms with Gasteiger partial charge in [-0.25, -0.2) is 0 Å². The predicted molar refractivity (Wildman–Crippen MR) is 66.8 cm³/mol. The lowest BCUT2D eigenvalue weighted by atomic mass is 10.2. The molecule has 0 heterocycles. The molecule has 0 aliphatic carbocycles. The molecular formula is C11H14N4O3. The van der Waals surface area contributed by atoms with Gasteiger partial charge in [0.2, 0.25) is 5.91 Å². The van der Waals surface area contributed by atoms with Gasteiger partial charge in [0.1, 0.15) is 6.04 Å². The molecule has 0 aliphatic heterocycles. The fourth-order valence-electron chi connectivity index (χ4n) is 1.29. The highest BCUT2D eigenvalue weighted by atomic mass is 16.5. The molecular weight excluding hydrogens is 236 g/mol. The average molecular weight is 250 g/mol. The average Bonchev–Trinajstić information content (AvgIpc) is 2.38. The number of nitrogens with one attached hydrogen (secondary N) is 1. The number of carbonyl (C=O) groups excluding carboxylic acids is 1. The van der Waals surface area contributed by atoms with Crippen molar-refractivity contribution >= 4 is 11.6 Å². The zero-order chi connectivity index (χ0) is 13.5. The Morgan fingerprint density at radius 3 is 2.61 bits per heavy atom. The highest BCUT2D eigenvalue weighted by Gasteiger charge is 2.12. The van der Waals surface area contributed by atoms with Crippen molar-refractivity contribution in [3.8, 4) is 11.5 Å². The van der Waals surface area contributed by atoms with Crippen LogP contribution >= 0.6 is 0 Å². The second kappa shape index (κ2) is 6.36. The lowest BCUT2D eigenvalue weighted by Crippen LogP contribution is -2.22. The number of ether oxygens (including phenoxy) is 2. The van der Waals surface area contributed by atoms with E-state index in [9.17, 15) is 4.79 Å². The summed E-state index contributed by atoms with van der Waals surface area (Å²) in [4.78, 5) is 14.2. The van der Waals surface area contributed by atoms with E-state index < -0.39 is 6.04 Å². The molecule has 1 unspecified atom stereocenters. The first-order valence-electron chi connectivity index (χ1n) is 5.19. The van der Waals surface area contributed by atoms with Gasteiger partial charge in [-0.15, -0.1) is 0 Å². The normalized spacial score (nSPS) is 11.1. The van der Waals surface area contributed by atoms with E-state index in [4.69, 9.17) is 15.0 Å². The van der Waals surface area contributed by atoms with Crippen molar-refractivity contribution in [2.24, 2.45) is 5.11 Å². The lowest BCUT2D eigenvalue weighted by Gasteiger charge is -2.11. The van der Waals surface area contributed by atoms with Gasteiger partial charge in [-0.2, -0.15) is 0 Å². The van der Waals surface area contributed by atoms with E-state index >= 15 is 0 Å². The van der Waals surface area contributed by atoms with E-state index in [-0.39, 0.29) is 5.91 Å². The molecule has 0 aromatic heterocycles. The number of amides is 1. The summed E-state index contributed by atoms with van der Waals surface area (Å²) in [5.41, 5.74) is 8.78. The number of rotatable bonds is 5. The molecule has 1 atom stereocenters. The van der Waals surface area contributed by atoms with E-state index in [1.807, 2.05) is 0 Å². The van der Waals surface area contributed by atoms with E-state index in [1.165, 1.54) is 21.1 Å². The highest BCUT2D eigenvalue weighted by Crippen LogP contribution is 2.29. The molecule has 1 aromatic carbocycles. The fraction of sp³-hybridized carbons (Fsp3) is 0.364. The van der Waals surface area contributed by atoms with E-state index in [0.717, 1.165) is 0 Å². The number of anilines is 1. The molecule has 0 fully saturated rings. The van der Waals surface area contributed by atoms with Crippen LogP contribution in [-0.2, 0) is 4.79 Å². The molecule has 96 valence electrons. The number of methoxy groups -OCH3 is 2. The predicted octanol–water partition coefficient (Wildman–Crippen LogP) is 2.34. The number of carbonyl (C=O) groups is 1. The molecule has 7 heteroatoms. The summed E-state index contributed by atoms with van der Waals surface area (Å²) in [6, 6.07) is 4.19. The van der Waals surface area contributed by atoms with Crippen LogP contribution in [0.15, 0.2) is 23.3 Å². The molecule has 1 rings (SSSR count). The van der Waals surface area contributed by atoms with Crippen molar-refractivity contribution in [2.45, 2.75) is 13.0 Å². The van der Waals surface area contributed by atoms with Gasteiger partial charge in [0, 0.05) is 16.7 Å². The zero-order valence-electron chi connectivity index (χ0n) is 10.4. The van der Waals surface area contributed by atoms with E-state index in [1.54, 1.807) is 18.2 Å². The van der Waals surface area contributed by atoms with Gasteiger partial charge in [-0.1, -0.05) is 5.11 Å². The van der Waals surface area contributed by atoms with Crippen molar-refractivity contribution in [2.75, 3.05) is 19.5 Å². The molecule has 0 radical (unpaired) electrons. The minimum atomic E-state index is -0.775. The van der Waals surface area contributed by atoms with Crippen molar-refractivity contribution in [1.29, 1.82) is 0 Å². The molecule has 0 saturated carbocycles. The van der Waals surface area contributed by atoms with Crippen molar-refractivity contribution in [1.82, 2.24) is 0 Å². The summed E-state index contributed by atoms with van der Waals surface area (Å²) in [6.07, 6.45) is 0. The number of azide groups is 1. The summed E-state index contributed by atoms with van der Waals surface area (Å²) < 4.78 is 10.2. The minimum absolute atomic E-state index is 0.389. The maximum absolute atomic E-state index is 11.6. The molecule has 7 nitrogen and oxygen atoms in total. The van der Waals surface area contributed by atoms with Crippen LogP contribution in [0.5, 0.6) is 11.5 Å². The van der Waals surface area contributed by atoms with Crippen molar-refractivity contribution < 1.29 is 14.3 Å². The van der Waals surface area contributed by atoms with Gasteiger partial charge in [0.25, 0.3) is 0 Å². The molecule has 0 aliphatic rings. The quantitative estimate of drug-likeness (QED) is 0.493. The van der Waals surface area contributed by atoms with Crippen LogP contribution < -0.4 is 14.8 Å². The smallest absolute Gasteiger partial charge is 0.233 e. The van der Waals surface area contributed by atoms with E-state index in [2.05, 4.69) is 15.3 Å². The molecule has 0 spiro atoms. The Morgan fingerprint density at radius 2 is 2.06 bits per heavy atom. The summed E-state index contributed by atoms with van der Waals surface area (Å²) in [6.45, 7) is 1.51. The van der Waals surface area contributed by atoms with Crippen LogP contribution in [0.4, 0.5) is 5.69 Å². The van der Waals surface area contributed by atoms with Gasteiger partial charge in [-0.3, -0.25) is 4.79 Å².